The summed E-state index contributed by atoms with van der Waals surface area (Å²) in [5, 5.41) is 0. The van der Waals surface area contributed by atoms with E-state index < -0.39 is 0 Å². The number of rotatable bonds is 2. The maximum atomic E-state index is 12.7. The van der Waals surface area contributed by atoms with E-state index in [1.165, 1.54) is 18.4 Å². The van der Waals surface area contributed by atoms with Gasteiger partial charge in [0.25, 0.3) is 0 Å². The fourth-order valence-corrected chi connectivity index (χ4v) is 4.63. The number of piperidine rings is 1. The minimum absolute atomic E-state index is 0.293. The number of hydrogen-bond acceptors (Lipinski definition) is 4. The zero-order valence-corrected chi connectivity index (χ0v) is 15.1. The minimum atomic E-state index is 0.293. The Bertz CT molecular complexity index is 658. The molecule has 3 heterocycles. The molecule has 1 unspecified atom stereocenters. The van der Waals surface area contributed by atoms with E-state index in [-0.39, 0.29) is 0 Å². The van der Waals surface area contributed by atoms with E-state index in [0.717, 1.165) is 62.8 Å². The van der Waals surface area contributed by atoms with Gasteiger partial charge in [0.2, 0.25) is 5.91 Å². The van der Waals surface area contributed by atoms with Crippen LogP contribution in [0.15, 0.2) is 0 Å². The number of hydrogen-bond donors (Lipinski definition) is 0. The van der Waals surface area contributed by atoms with E-state index in [2.05, 4.69) is 33.6 Å². The van der Waals surface area contributed by atoms with Gasteiger partial charge < -0.3 is 9.80 Å². The van der Waals surface area contributed by atoms with Crippen LogP contribution >= 0.6 is 0 Å². The van der Waals surface area contributed by atoms with Crippen LogP contribution in [0.2, 0.25) is 0 Å². The van der Waals surface area contributed by atoms with Gasteiger partial charge in [-0.1, -0.05) is 0 Å². The molecule has 1 aromatic rings. The molecule has 3 fully saturated rings. The molecular weight excluding hydrogens is 300 g/mol. The number of aromatic nitrogens is 2. The summed E-state index contributed by atoms with van der Waals surface area (Å²) in [6, 6.07) is 0. The number of aryl methyl sites for hydroxylation is 2. The predicted molar refractivity (Wildman–Crippen MR) is 94.0 cm³/mol. The standard InChI is InChI=1S/C19H28N4O/c1-13-14(2)20-15(3)21-17(13)22-10-6-19(7-11-22)12-16(19)18(24)23-8-4-5-9-23/h16H,4-12H2,1-3H3. The van der Waals surface area contributed by atoms with Crippen LogP contribution in [0.5, 0.6) is 0 Å². The average molecular weight is 328 g/mol. The first-order valence-corrected chi connectivity index (χ1v) is 9.36. The zero-order chi connectivity index (χ0) is 16.9. The summed E-state index contributed by atoms with van der Waals surface area (Å²) in [5.41, 5.74) is 2.56. The summed E-state index contributed by atoms with van der Waals surface area (Å²) >= 11 is 0. The third-order valence-electron chi connectivity index (χ3n) is 6.44. The molecule has 0 N–H and O–H groups in total. The molecular formula is C19H28N4O. The Morgan fingerprint density at radius 2 is 1.71 bits per heavy atom. The van der Waals surface area contributed by atoms with Crippen molar-refractivity contribution in [1.29, 1.82) is 0 Å². The molecule has 0 radical (unpaired) electrons. The molecule has 24 heavy (non-hydrogen) atoms. The largest absolute Gasteiger partial charge is 0.356 e. The Labute approximate surface area is 144 Å². The molecule has 0 aromatic carbocycles. The number of amides is 1. The summed E-state index contributed by atoms with van der Waals surface area (Å²) < 4.78 is 0. The molecule has 1 aromatic heterocycles. The lowest BCUT2D eigenvalue weighted by atomic mass is 9.90. The van der Waals surface area contributed by atoms with Crippen LogP contribution in [0.4, 0.5) is 5.82 Å². The molecule has 1 saturated carbocycles. The van der Waals surface area contributed by atoms with Crippen molar-refractivity contribution in [2.75, 3.05) is 31.1 Å². The van der Waals surface area contributed by atoms with Crippen molar-refractivity contribution in [1.82, 2.24) is 14.9 Å². The first-order chi connectivity index (χ1) is 11.5. The quantitative estimate of drug-likeness (QED) is 0.837. The zero-order valence-electron chi connectivity index (χ0n) is 15.1. The van der Waals surface area contributed by atoms with Gasteiger partial charge in [0, 0.05) is 43.4 Å². The topological polar surface area (TPSA) is 49.3 Å². The van der Waals surface area contributed by atoms with Gasteiger partial charge in [-0.3, -0.25) is 4.79 Å². The highest BCUT2D eigenvalue weighted by Crippen LogP contribution is 2.60. The molecule has 1 atom stereocenters. The van der Waals surface area contributed by atoms with Gasteiger partial charge in [-0.05, 0) is 58.3 Å². The predicted octanol–water partition coefficient (Wildman–Crippen LogP) is 2.63. The lowest BCUT2D eigenvalue weighted by Gasteiger charge is -2.35. The summed E-state index contributed by atoms with van der Waals surface area (Å²) in [4.78, 5) is 26.3. The lowest BCUT2D eigenvalue weighted by Crippen LogP contribution is -2.38. The van der Waals surface area contributed by atoms with Gasteiger partial charge in [0.05, 0.1) is 0 Å². The van der Waals surface area contributed by atoms with Crippen molar-refractivity contribution in [2.45, 2.75) is 52.9 Å². The second-order valence-corrected chi connectivity index (χ2v) is 7.94. The molecule has 5 nitrogen and oxygen atoms in total. The third kappa shape index (κ3) is 2.58. The average Bonchev–Trinajstić information content (AvgIpc) is 3.00. The van der Waals surface area contributed by atoms with Crippen molar-refractivity contribution in [2.24, 2.45) is 11.3 Å². The molecule has 0 bridgehead atoms. The number of anilines is 1. The maximum absolute atomic E-state index is 12.7. The molecule has 1 spiro atoms. The maximum Gasteiger partial charge on any atom is 0.226 e. The molecule has 4 rings (SSSR count). The second kappa shape index (κ2) is 5.71. The molecule has 5 heteroatoms. The van der Waals surface area contributed by atoms with Crippen molar-refractivity contribution < 1.29 is 4.79 Å². The van der Waals surface area contributed by atoms with E-state index >= 15 is 0 Å². The summed E-state index contributed by atoms with van der Waals surface area (Å²) in [6.45, 7) is 10.1. The number of nitrogens with zero attached hydrogens (tertiary/aromatic N) is 4. The highest BCUT2D eigenvalue weighted by atomic mass is 16.2. The number of carbonyl (C=O) groups is 1. The van der Waals surface area contributed by atoms with Crippen molar-refractivity contribution in [3.05, 3.63) is 17.1 Å². The van der Waals surface area contributed by atoms with E-state index in [1.807, 2.05) is 6.92 Å². The smallest absolute Gasteiger partial charge is 0.226 e. The Hall–Kier alpha value is -1.65. The van der Waals surface area contributed by atoms with Crippen LogP contribution in [0.3, 0.4) is 0 Å². The van der Waals surface area contributed by atoms with E-state index in [4.69, 9.17) is 0 Å². The first kappa shape index (κ1) is 15.9. The van der Waals surface area contributed by atoms with Gasteiger partial charge in [0.1, 0.15) is 11.6 Å². The van der Waals surface area contributed by atoms with Crippen molar-refractivity contribution >= 4 is 11.7 Å². The van der Waals surface area contributed by atoms with E-state index in [9.17, 15) is 4.79 Å². The second-order valence-electron chi connectivity index (χ2n) is 7.94. The van der Waals surface area contributed by atoms with Crippen LogP contribution in [-0.4, -0.2) is 47.0 Å². The van der Waals surface area contributed by atoms with Crippen LogP contribution in [0, 0.1) is 32.1 Å². The molecule has 130 valence electrons. The lowest BCUT2D eigenvalue weighted by molar-refractivity contribution is -0.132. The summed E-state index contributed by atoms with van der Waals surface area (Å²) in [6.07, 6.45) is 5.73. The highest BCUT2D eigenvalue weighted by molar-refractivity contribution is 5.83. The fraction of sp³-hybridized carbons (Fsp3) is 0.737. The molecule has 1 amide bonds. The van der Waals surface area contributed by atoms with E-state index in [1.54, 1.807) is 0 Å². The molecule has 2 saturated heterocycles. The Kier molecular flexibility index (Phi) is 3.77. The fourth-order valence-electron chi connectivity index (χ4n) is 4.63. The van der Waals surface area contributed by atoms with Gasteiger partial charge in [-0.2, -0.15) is 0 Å². The number of likely N-dealkylation sites (tertiary alicyclic amines) is 1. The summed E-state index contributed by atoms with van der Waals surface area (Å²) in [7, 11) is 0. The van der Waals surface area contributed by atoms with Gasteiger partial charge in [-0.15, -0.1) is 0 Å². The van der Waals surface area contributed by atoms with Gasteiger partial charge in [-0.25, -0.2) is 9.97 Å². The molecule has 2 aliphatic heterocycles. The first-order valence-electron chi connectivity index (χ1n) is 9.36. The molecule has 3 aliphatic rings. The summed E-state index contributed by atoms with van der Waals surface area (Å²) in [5.74, 6) is 2.68. The van der Waals surface area contributed by atoms with Crippen molar-refractivity contribution in [3.8, 4) is 0 Å². The van der Waals surface area contributed by atoms with E-state index in [0.29, 0.717) is 17.2 Å². The Morgan fingerprint density at radius 1 is 1.04 bits per heavy atom. The van der Waals surface area contributed by atoms with Crippen LogP contribution in [-0.2, 0) is 4.79 Å². The third-order valence-corrected chi connectivity index (χ3v) is 6.44. The Balaban J connectivity index is 1.42. The minimum Gasteiger partial charge on any atom is -0.356 e. The Morgan fingerprint density at radius 3 is 2.38 bits per heavy atom. The van der Waals surface area contributed by atoms with Crippen LogP contribution in [0.1, 0.15) is 49.2 Å². The monoisotopic (exact) mass is 328 g/mol. The number of carbonyl (C=O) groups excluding carboxylic acids is 1. The van der Waals surface area contributed by atoms with Gasteiger partial charge in [0.15, 0.2) is 0 Å². The van der Waals surface area contributed by atoms with Crippen molar-refractivity contribution in [3.63, 3.8) is 0 Å². The van der Waals surface area contributed by atoms with Crippen LogP contribution in [0.25, 0.3) is 0 Å². The normalized spacial score (nSPS) is 25.4. The molecule has 1 aliphatic carbocycles. The van der Waals surface area contributed by atoms with Crippen LogP contribution < -0.4 is 4.90 Å². The SMILES string of the molecule is Cc1nc(C)c(C)c(N2CCC3(CC2)CC3C(=O)N2CCCC2)n1. The van der Waals surface area contributed by atoms with Gasteiger partial charge >= 0.3 is 0 Å². The highest BCUT2D eigenvalue weighted by Gasteiger charge is 2.59.